The van der Waals surface area contributed by atoms with Crippen LogP contribution in [0.2, 0.25) is 0 Å². The van der Waals surface area contributed by atoms with Gasteiger partial charge in [0.05, 0.1) is 24.6 Å². The van der Waals surface area contributed by atoms with E-state index < -0.39 is 0 Å². The van der Waals surface area contributed by atoms with Crippen molar-refractivity contribution in [3.8, 4) is 0 Å². The molecule has 0 aromatic carbocycles. The lowest BCUT2D eigenvalue weighted by molar-refractivity contribution is -0.130. The topological polar surface area (TPSA) is 87.1 Å². The molecule has 25 heavy (non-hydrogen) atoms. The van der Waals surface area contributed by atoms with Crippen molar-refractivity contribution in [2.75, 3.05) is 26.2 Å². The van der Waals surface area contributed by atoms with Crippen molar-refractivity contribution >= 4 is 11.8 Å². The summed E-state index contributed by atoms with van der Waals surface area (Å²) in [4.78, 5) is 32.9. The number of aryl methyl sites for hydroxylation is 3. The van der Waals surface area contributed by atoms with Gasteiger partial charge in [0, 0.05) is 44.5 Å². The Morgan fingerprint density at radius 2 is 1.88 bits per heavy atom. The van der Waals surface area contributed by atoms with Crippen molar-refractivity contribution in [1.82, 2.24) is 29.5 Å². The Balaban J connectivity index is 1.62. The molecule has 8 heteroatoms. The zero-order valence-corrected chi connectivity index (χ0v) is 14.9. The number of imidazole rings is 1. The number of nitrogens with one attached hydrogen (secondary N) is 1. The van der Waals surface area contributed by atoms with Gasteiger partial charge in [0.25, 0.3) is 5.91 Å². The van der Waals surface area contributed by atoms with Gasteiger partial charge < -0.3 is 14.4 Å². The minimum Gasteiger partial charge on any atom is -0.341 e. The van der Waals surface area contributed by atoms with E-state index in [0.29, 0.717) is 38.3 Å². The van der Waals surface area contributed by atoms with E-state index in [1.807, 2.05) is 25.8 Å². The molecule has 0 radical (unpaired) electrons. The second-order valence-corrected chi connectivity index (χ2v) is 6.51. The lowest BCUT2D eigenvalue weighted by atomic mass is 10.1. The molecule has 1 fully saturated rings. The molecule has 0 atom stereocenters. The van der Waals surface area contributed by atoms with Crippen molar-refractivity contribution in [2.24, 2.45) is 7.05 Å². The maximum atomic E-state index is 12.6. The smallest absolute Gasteiger partial charge is 0.272 e. The number of hydrogen-bond donors (Lipinski definition) is 1. The molecule has 8 nitrogen and oxygen atoms in total. The Hall–Kier alpha value is -2.64. The second kappa shape index (κ2) is 7.08. The first-order valence-electron chi connectivity index (χ1n) is 8.51. The summed E-state index contributed by atoms with van der Waals surface area (Å²) >= 11 is 0. The van der Waals surface area contributed by atoms with E-state index in [2.05, 4.69) is 15.2 Å². The molecule has 1 aliphatic rings. The summed E-state index contributed by atoms with van der Waals surface area (Å²) in [5.74, 6) is 0.0539. The molecule has 1 saturated heterocycles. The van der Waals surface area contributed by atoms with E-state index in [1.54, 1.807) is 22.0 Å². The average molecular weight is 344 g/mol. The third-order valence-corrected chi connectivity index (χ3v) is 4.78. The number of amides is 2. The van der Waals surface area contributed by atoms with Gasteiger partial charge in [-0.15, -0.1) is 0 Å². The lowest BCUT2D eigenvalue weighted by Gasteiger charge is -2.22. The fraction of sp³-hybridized carbons (Fsp3) is 0.529. The highest BCUT2D eigenvalue weighted by Gasteiger charge is 2.25. The number of rotatable bonds is 3. The van der Waals surface area contributed by atoms with Crippen LogP contribution in [0.3, 0.4) is 0 Å². The number of nitrogens with zero attached hydrogens (tertiary/aromatic N) is 5. The van der Waals surface area contributed by atoms with Crippen LogP contribution in [-0.4, -0.2) is 67.5 Å². The van der Waals surface area contributed by atoms with E-state index in [4.69, 9.17) is 0 Å². The number of aromatic amines is 1. The van der Waals surface area contributed by atoms with Crippen LogP contribution in [0.15, 0.2) is 12.5 Å². The van der Waals surface area contributed by atoms with Crippen LogP contribution in [0.1, 0.15) is 33.9 Å². The summed E-state index contributed by atoms with van der Waals surface area (Å²) in [6.45, 7) is 6.25. The molecule has 0 aliphatic carbocycles. The quantitative estimate of drug-likeness (QED) is 0.887. The van der Waals surface area contributed by atoms with Crippen molar-refractivity contribution in [3.63, 3.8) is 0 Å². The Labute approximate surface area is 146 Å². The third-order valence-electron chi connectivity index (χ3n) is 4.78. The molecule has 3 heterocycles. The van der Waals surface area contributed by atoms with E-state index in [0.717, 1.165) is 23.4 Å². The fourth-order valence-electron chi connectivity index (χ4n) is 3.19. The minimum atomic E-state index is -0.0316. The summed E-state index contributed by atoms with van der Waals surface area (Å²) in [6, 6.07) is 0. The molecule has 2 aromatic rings. The van der Waals surface area contributed by atoms with Gasteiger partial charge in [0.15, 0.2) is 0 Å². The third kappa shape index (κ3) is 3.57. The molecule has 0 bridgehead atoms. The van der Waals surface area contributed by atoms with Crippen LogP contribution in [0.5, 0.6) is 0 Å². The largest absolute Gasteiger partial charge is 0.341 e. The van der Waals surface area contributed by atoms with E-state index in [-0.39, 0.29) is 11.8 Å². The molecule has 1 N–H and O–H groups in total. The van der Waals surface area contributed by atoms with Gasteiger partial charge in [-0.2, -0.15) is 5.10 Å². The number of carbonyl (C=O) groups excluding carboxylic acids is 2. The van der Waals surface area contributed by atoms with Gasteiger partial charge >= 0.3 is 0 Å². The van der Waals surface area contributed by atoms with Crippen molar-refractivity contribution in [2.45, 2.75) is 26.7 Å². The highest BCUT2D eigenvalue weighted by Crippen LogP contribution is 2.14. The molecular weight excluding hydrogens is 320 g/mol. The van der Waals surface area contributed by atoms with E-state index >= 15 is 0 Å². The summed E-state index contributed by atoms with van der Waals surface area (Å²) in [6.07, 6.45) is 4.33. The highest BCUT2D eigenvalue weighted by atomic mass is 16.2. The zero-order valence-electron chi connectivity index (χ0n) is 14.9. The van der Waals surface area contributed by atoms with Crippen LogP contribution >= 0.6 is 0 Å². The second-order valence-electron chi connectivity index (χ2n) is 6.51. The first-order valence-corrected chi connectivity index (χ1v) is 8.51. The van der Waals surface area contributed by atoms with Crippen molar-refractivity contribution in [3.05, 3.63) is 35.2 Å². The molecule has 2 aromatic heterocycles. The molecule has 134 valence electrons. The van der Waals surface area contributed by atoms with Crippen LogP contribution < -0.4 is 0 Å². The van der Waals surface area contributed by atoms with Crippen LogP contribution in [0.25, 0.3) is 0 Å². The summed E-state index contributed by atoms with van der Waals surface area (Å²) < 4.78 is 1.72. The zero-order chi connectivity index (χ0) is 18.0. The first kappa shape index (κ1) is 17.2. The number of H-pyrrole nitrogens is 1. The SMILES string of the molecule is Cc1n[nH]c(C)c1CC(=O)N1CCCN(C(=O)c2cncn2C)CC1. The minimum absolute atomic E-state index is 0.0316. The van der Waals surface area contributed by atoms with Gasteiger partial charge in [-0.3, -0.25) is 14.7 Å². The lowest BCUT2D eigenvalue weighted by Crippen LogP contribution is -2.38. The molecule has 2 amide bonds. The summed E-state index contributed by atoms with van der Waals surface area (Å²) in [5.41, 5.74) is 3.35. The highest BCUT2D eigenvalue weighted by molar-refractivity contribution is 5.92. The Kier molecular flexibility index (Phi) is 4.87. The normalized spacial score (nSPS) is 15.3. The molecule has 0 unspecified atom stereocenters. The molecule has 0 spiro atoms. The fourth-order valence-corrected chi connectivity index (χ4v) is 3.19. The number of hydrogen-bond acceptors (Lipinski definition) is 4. The van der Waals surface area contributed by atoms with E-state index in [9.17, 15) is 9.59 Å². The van der Waals surface area contributed by atoms with Gasteiger partial charge in [0.2, 0.25) is 5.91 Å². The number of carbonyl (C=O) groups is 2. The Morgan fingerprint density at radius 1 is 1.16 bits per heavy atom. The maximum absolute atomic E-state index is 12.6. The van der Waals surface area contributed by atoms with Gasteiger partial charge in [-0.05, 0) is 20.3 Å². The summed E-state index contributed by atoms with van der Waals surface area (Å²) in [7, 11) is 1.81. The van der Waals surface area contributed by atoms with Crippen LogP contribution in [0, 0.1) is 13.8 Å². The Morgan fingerprint density at radius 3 is 2.52 bits per heavy atom. The van der Waals surface area contributed by atoms with Crippen molar-refractivity contribution in [1.29, 1.82) is 0 Å². The molecule has 1 aliphatic heterocycles. The van der Waals surface area contributed by atoms with Gasteiger partial charge in [-0.25, -0.2) is 4.98 Å². The standard InChI is InChI=1S/C17H24N6O2/c1-12-14(13(2)20-19-12)9-16(24)22-5-4-6-23(8-7-22)17(25)15-10-18-11-21(15)3/h10-11H,4-9H2,1-3H3,(H,19,20). The molecular formula is C17H24N6O2. The van der Waals surface area contributed by atoms with Crippen LogP contribution in [-0.2, 0) is 18.3 Å². The predicted octanol–water partition coefficient (Wildman–Crippen LogP) is 0.677. The van der Waals surface area contributed by atoms with Gasteiger partial charge in [-0.1, -0.05) is 0 Å². The first-order chi connectivity index (χ1) is 12.0. The molecule has 0 saturated carbocycles. The van der Waals surface area contributed by atoms with Gasteiger partial charge in [0.1, 0.15) is 5.69 Å². The average Bonchev–Trinajstić information content (AvgIpc) is 3.04. The molecule has 3 rings (SSSR count). The van der Waals surface area contributed by atoms with E-state index in [1.165, 1.54) is 0 Å². The van der Waals surface area contributed by atoms with Crippen molar-refractivity contribution < 1.29 is 9.59 Å². The summed E-state index contributed by atoms with van der Waals surface area (Å²) in [5, 5.41) is 7.07. The predicted molar refractivity (Wildman–Crippen MR) is 92.1 cm³/mol. The van der Waals surface area contributed by atoms with Crippen LogP contribution in [0.4, 0.5) is 0 Å². The maximum Gasteiger partial charge on any atom is 0.272 e. The Bertz CT molecular complexity index is 758. The number of aromatic nitrogens is 4. The monoisotopic (exact) mass is 344 g/mol.